The van der Waals surface area contributed by atoms with E-state index in [1.165, 1.54) is 0 Å². The molecule has 0 fully saturated rings. The Bertz CT molecular complexity index is 336. The summed E-state index contributed by atoms with van der Waals surface area (Å²) in [4.78, 5) is 7.26. The second-order valence-corrected chi connectivity index (χ2v) is 4.06. The van der Waals surface area contributed by atoms with E-state index in [0.29, 0.717) is 5.69 Å². The molecule has 0 aliphatic heterocycles. The molecule has 0 spiro atoms. The quantitative estimate of drug-likeness (QED) is 0.587. The zero-order chi connectivity index (χ0) is 10.9. The van der Waals surface area contributed by atoms with Crippen molar-refractivity contribution in [2.24, 2.45) is 0 Å². The smallest absolute Gasteiger partial charge is 0.228 e. The number of aromatic nitrogens is 2. The van der Waals surface area contributed by atoms with Crippen LogP contribution in [0, 0.1) is 3.83 Å². The Labute approximate surface area is 93.1 Å². The second kappa shape index (κ2) is 4.00. The SMILES string of the molecule is CC(C)c1cc(C(F)(F)F)nc(I)n1. The first kappa shape index (κ1) is 11.7. The van der Waals surface area contributed by atoms with Crippen molar-refractivity contribution in [3.05, 3.63) is 21.3 Å². The summed E-state index contributed by atoms with van der Waals surface area (Å²) in [6.45, 7) is 3.58. The molecule has 1 aromatic rings. The van der Waals surface area contributed by atoms with E-state index < -0.39 is 11.9 Å². The summed E-state index contributed by atoms with van der Waals surface area (Å²) < 4.78 is 37.1. The molecule has 0 unspecified atom stereocenters. The van der Waals surface area contributed by atoms with Crippen LogP contribution in [0.3, 0.4) is 0 Å². The number of halogens is 4. The predicted molar refractivity (Wildman–Crippen MR) is 53.8 cm³/mol. The molecule has 0 amide bonds. The molecule has 1 aromatic heterocycles. The molecule has 78 valence electrons. The number of hydrogen-bond donors (Lipinski definition) is 0. The summed E-state index contributed by atoms with van der Waals surface area (Å²) in [6, 6.07) is 0.993. The molecule has 2 nitrogen and oxygen atoms in total. The third kappa shape index (κ3) is 2.79. The molecule has 0 aromatic carbocycles. The zero-order valence-corrected chi connectivity index (χ0v) is 9.72. The molecule has 0 N–H and O–H groups in total. The van der Waals surface area contributed by atoms with Crippen molar-refractivity contribution in [1.29, 1.82) is 0 Å². The molecule has 0 aliphatic rings. The third-order valence-electron chi connectivity index (χ3n) is 1.60. The van der Waals surface area contributed by atoms with Gasteiger partial charge in [-0.15, -0.1) is 0 Å². The molecule has 0 aliphatic carbocycles. The summed E-state index contributed by atoms with van der Waals surface area (Å²) >= 11 is 1.68. The fourth-order valence-electron chi connectivity index (χ4n) is 0.877. The highest BCUT2D eigenvalue weighted by Gasteiger charge is 2.33. The van der Waals surface area contributed by atoms with Gasteiger partial charge in [-0.3, -0.25) is 0 Å². The van der Waals surface area contributed by atoms with Gasteiger partial charge in [0.15, 0.2) is 3.83 Å². The Morgan fingerprint density at radius 1 is 1.29 bits per heavy atom. The standard InChI is InChI=1S/C8H8F3IN2/c1-4(2)5-3-6(8(9,10)11)14-7(12)13-5/h3-4H,1-2H3. The molecule has 6 heteroatoms. The normalized spacial score (nSPS) is 12.2. The predicted octanol–water partition coefficient (Wildman–Crippen LogP) is 3.22. The van der Waals surface area contributed by atoms with Crippen molar-refractivity contribution < 1.29 is 13.2 Å². The molecule has 0 saturated carbocycles. The molecule has 0 atom stereocenters. The number of rotatable bonds is 1. The van der Waals surface area contributed by atoms with Gasteiger partial charge in [-0.25, -0.2) is 9.97 Å². The summed E-state index contributed by atoms with van der Waals surface area (Å²) in [5.41, 5.74) is -0.461. The maximum atomic E-state index is 12.3. The Balaban J connectivity index is 3.21. The Morgan fingerprint density at radius 2 is 1.86 bits per heavy atom. The lowest BCUT2D eigenvalue weighted by molar-refractivity contribution is -0.141. The monoisotopic (exact) mass is 316 g/mol. The van der Waals surface area contributed by atoms with Gasteiger partial charge in [-0.1, -0.05) is 13.8 Å². The van der Waals surface area contributed by atoms with Crippen molar-refractivity contribution in [3.63, 3.8) is 0 Å². The van der Waals surface area contributed by atoms with Crippen LogP contribution >= 0.6 is 22.6 Å². The van der Waals surface area contributed by atoms with Crippen LogP contribution in [0.2, 0.25) is 0 Å². The van der Waals surface area contributed by atoms with Gasteiger partial charge in [0.1, 0.15) is 5.69 Å². The van der Waals surface area contributed by atoms with E-state index in [-0.39, 0.29) is 9.75 Å². The lowest BCUT2D eigenvalue weighted by Crippen LogP contribution is -2.11. The molecular formula is C8H8F3IN2. The van der Waals surface area contributed by atoms with E-state index in [1.54, 1.807) is 36.4 Å². The van der Waals surface area contributed by atoms with Gasteiger partial charge in [-0.05, 0) is 12.0 Å². The minimum Gasteiger partial charge on any atom is -0.228 e. The highest BCUT2D eigenvalue weighted by atomic mass is 127. The van der Waals surface area contributed by atoms with E-state index >= 15 is 0 Å². The van der Waals surface area contributed by atoms with Crippen LogP contribution in [-0.4, -0.2) is 9.97 Å². The minimum atomic E-state index is -4.40. The molecule has 0 radical (unpaired) electrons. The first-order valence-electron chi connectivity index (χ1n) is 3.92. The summed E-state index contributed by atoms with van der Waals surface area (Å²) in [5, 5.41) is 0. The van der Waals surface area contributed by atoms with Gasteiger partial charge >= 0.3 is 6.18 Å². The van der Waals surface area contributed by atoms with Crippen LogP contribution in [0.15, 0.2) is 6.07 Å². The molecule has 14 heavy (non-hydrogen) atoms. The Hall–Kier alpha value is -0.400. The maximum Gasteiger partial charge on any atom is 0.433 e. The topological polar surface area (TPSA) is 25.8 Å². The summed E-state index contributed by atoms with van der Waals surface area (Å²) in [7, 11) is 0. The molecule has 1 heterocycles. The molecular weight excluding hydrogens is 308 g/mol. The van der Waals surface area contributed by atoms with E-state index in [9.17, 15) is 13.2 Å². The maximum absolute atomic E-state index is 12.3. The van der Waals surface area contributed by atoms with Crippen LogP contribution < -0.4 is 0 Å². The van der Waals surface area contributed by atoms with Crippen LogP contribution in [0.4, 0.5) is 13.2 Å². The second-order valence-electron chi connectivity index (χ2n) is 3.10. The van der Waals surface area contributed by atoms with E-state index in [1.807, 2.05) is 0 Å². The lowest BCUT2D eigenvalue weighted by atomic mass is 10.1. The highest BCUT2D eigenvalue weighted by molar-refractivity contribution is 14.1. The number of alkyl halides is 3. The van der Waals surface area contributed by atoms with Crippen LogP contribution in [0.5, 0.6) is 0 Å². The number of hydrogen-bond acceptors (Lipinski definition) is 2. The van der Waals surface area contributed by atoms with Gasteiger partial charge in [0, 0.05) is 28.3 Å². The van der Waals surface area contributed by atoms with E-state index in [4.69, 9.17) is 0 Å². The zero-order valence-electron chi connectivity index (χ0n) is 7.56. The van der Waals surface area contributed by atoms with E-state index in [0.717, 1.165) is 6.07 Å². The van der Waals surface area contributed by atoms with E-state index in [2.05, 4.69) is 9.97 Å². The minimum absolute atomic E-state index is 0.0346. The highest BCUT2D eigenvalue weighted by Crippen LogP contribution is 2.29. The molecule has 0 bridgehead atoms. The van der Waals surface area contributed by atoms with Crippen molar-refractivity contribution >= 4 is 22.6 Å². The van der Waals surface area contributed by atoms with Gasteiger partial charge in [0.05, 0.1) is 0 Å². The average molecular weight is 316 g/mol. The van der Waals surface area contributed by atoms with Crippen molar-refractivity contribution in [2.45, 2.75) is 25.9 Å². The van der Waals surface area contributed by atoms with Crippen molar-refractivity contribution in [3.8, 4) is 0 Å². The van der Waals surface area contributed by atoms with Crippen LogP contribution in [0.25, 0.3) is 0 Å². The third-order valence-corrected chi connectivity index (χ3v) is 2.08. The summed E-state index contributed by atoms with van der Waals surface area (Å²) in [5.74, 6) is -0.0346. The number of nitrogens with zero attached hydrogens (tertiary/aromatic N) is 2. The van der Waals surface area contributed by atoms with Gasteiger partial charge in [0.25, 0.3) is 0 Å². The molecule has 1 rings (SSSR count). The summed E-state index contributed by atoms with van der Waals surface area (Å²) in [6.07, 6.45) is -4.40. The first-order chi connectivity index (χ1) is 6.30. The Morgan fingerprint density at radius 3 is 2.29 bits per heavy atom. The Kier molecular flexibility index (Phi) is 3.33. The fourth-order valence-corrected chi connectivity index (χ4v) is 1.41. The van der Waals surface area contributed by atoms with Gasteiger partial charge < -0.3 is 0 Å². The molecule has 0 saturated heterocycles. The fraction of sp³-hybridized carbons (Fsp3) is 0.500. The van der Waals surface area contributed by atoms with Crippen LogP contribution in [0.1, 0.15) is 31.2 Å². The van der Waals surface area contributed by atoms with Crippen molar-refractivity contribution in [1.82, 2.24) is 9.97 Å². The van der Waals surface area contributed by atoms with Gasteiger partial charge in [0.2, 0.25) is 0 Å². The van der Waals surface area contributed by atoms with Gasteiger partial charge in [-0.2, -0.15) is 13.2 Å². The first-order valence-corrected chi connectivity index (χ1v) is 5.00. The lowest BCUT2D eigenvalue weighted by Gasteiger charge is -2.09. The van der Waals surface area contributed by atoms with Crippen LogP contribution in [-0.2, 0) is 6.18 Å². The average Bonchev–Trinajstić information content (AvgIpc) is 2.01. The van der Waals surface area contributed by atoms with Crippen molar-refractivity contribution in [2.75, 3.05) is 0 Å². The largest absolute Gasteiger partial charge is 0.433 e.